The molecular formula is C16H17N3O3S. The van der Waals surface area contributed by atoms with Gasteiger partial charge in [-0.1, -0.05) is 18.9 Å². The molecular weight excluding hydrogens is 314 g/mol. The molecule has 0 unspecified atom stereocenters. The van der Waals surface area contributed by atoms with Crippen molar-refractivity contribution in [2.75, 3.05) is 0 Å². The van der Waals surface area contributed by atoms with Crippen molar-refractivity contribution < 1.29 is 14.7 Å². The fraction of sp³-hybridized carbons (Fsp3) is 0.375. The molecule has 3 rings (SSSR count). The SMILES string of the molecule is Cc1csc(C2(NC(=O)c3cccc(C(=O)O)n3)CCCC2)n1. The summed E-state index contributed by atoms with van der Waals surface area (Å²) < 4.78 is 0. The number of rotatable bonds is 4. The molecule has 0 saturated heterocycles. The predicted molar refractivity (Wildman–Crippen MR) is 85.7 cm³/mol. The molecule has 0 spiro atoms. The molecule has 7 heteroatoms. The zero-order valence-corrected chi connectivity index (χ0v) is 13.5. The summed E-state index contributed by atoms with van der Waals surface area (Å²) >= 11 is 1.55. The molecule has 6 nitrogen and oxygen atoms in total. The summed E-state index contributed by atoms with van der Waals surface area (Å²) in [7, 11) is 0. The molecule has 2 N–H and O–H groups in total. The fourth-order valence-electron chi connectivity index (χ4n) is 2.91. The van der Waals surface area contributed by atoms with Gasteiger partial charge in [-0.25, -0.2) is 14.8 Å². The van der Waals surface area contributed by atoms with Crippen LogP contribution in [0.2, 0.25) is 0 Å². The van der Waals surface area contributed by atoms with Crippen LogP contribution in [-0.2, 0) is 5.54 Å². The summed E-state index contributed by atoms with van der Waals surface area (Å²) in [6.07, 6.45) is 3.73. The predicted octanol–water partition coefficient (Wildman–Crippen LogP) is 2.74. The lowest BCUT2D eigenvalue weighted by Gasteiger charge is -2.28. The van der Waals surface area contributed by atoms with Crippen molar-refractivity contribution >= 4 is 23.2 Å². The van der Waals surface area contributed by atoms with Gasteiger partial charge in [0, 0.05) is 11.1 Å². The van der Waals surface area contributed by atoms with E-state index < -0.39 is 11.5 Å². The van der Waals surface area contributed by atoms with Gasteiger partial charge in [0.25, 0.3) is 5.91 Å². The number of aromatic carboxylic acids is 1. The van der Waals surface area contributed by atoms with Crippen molar-refractivity contribution in [1.29, 1.82) is 0 Å². The molecule has 1 saturated carbocycles. The molecule has 1 fully saturated rings. The summed E-state index contributed by atoms with van der Waals surface area (Å²) in [6.45, 7) is 1.93. The molecule has 0 aliphatic heterocycles. The summed E-state index contributed by atoms with van der Waals surface area (Å²) in [4.78, 5) is 32.0. The zero-order chi connectivity index (χ0) is 16.4. The molecule has 23 heavy (non-hydrogen) atoms. The molecule has 2 aromatic heterocycles. The molecule has 1 aliphatic carbocycles. The second-order valence-electron chi connectivity index (χ2n) is 5.75. The van der Waals surface area contributed by atoms with Gasteiger partial charge in [0.05, 0.1) is 5.54 Å². The number of hydrogen-bond acceptors (Lipinski definition) is 5. The van der Waals surface area contributed by atoms with E-state index in [9.17, 15) is 9.59 Å². The Morgan fingerprint density at radius 3 is 2.52 bits per heavy atom. The number of pyridine rings is 1. The Morgan fingerprint density at radius 1 is 1.22 bits per heavy atom. The first kappa shape index (κ1) is 15.6. The first-order valence-electron chi connectivity index (χ1n) is 7.46. The number of aryl methyl sites for hydroxylation is 1. The van der Waals surface area contributed by atoms with E-state index in [2.05, 4.69) is 15.3 Å². The van der Waals surface area contributed by atoms with E-state index in [1.165, 1.54) is 18.2 Å². The number of thiazole rings is 1. The maximum absolute atomic E-state index is 12.6. The van der Waals surface area contributed by atoms with E-state index in [4.69, 9.17) is 5.11 Å². The van der Waals surface area contributed by atoms with Gasteiger partial charge in [0.15, 0.2) is 0 Å². The average molecular weight is 331 g/mol. The fourth-order valence-corrected chi connectivity index (χ4v) is 3.92. The van der Waals surface area contributed by atoms with Crippen LogP contribution in [0, 0.1) is 6.92 Å². The van der Waals surface area contributed by atoms with Crippen LogP contribution in [-0.4, -0.2) is 27.0 Å². The standard InChI is InChI=1S/C16H17N3O3S/c1-10-9-23-15(17-10)16(7-2-3-8-16)19-13(20)11-5-4-6-12(18-11)14(21)22/h4-6,9H,2-3,7-8H2,1H3,(H,19,20)(H,21,22). The van der Waals surface area contributed by atoms with E-state index in [0.29, 0.717) is 0 Å². The lowest BCUT2D eigenvalue weighted by Crippen LogP contribution is -2.44. The summed E-state index contributed by atoms with van der Waals surface area (Å²) in [6, 6.07) is 4.42. The number of hydrogen-bond donors (Lipinski definition) is 2. The van der Waals surface area contributed by atoms with E-state index in [1.807, 2.05) is 12.3 Å². The number of carbonyl (C=O) groups is 2. The molecule has 1 aliphatic rings. The Balaban J connectivity index is 1.87. The van der Waals surface area contributed by atoms with Crippen LogP contribution in [0.5, 0.6) is 0 Å². The zero-order valence-electron chi connectivity index (χ0n) is 12.7. The third-order valence-electron chi connectivity index (χ3n) is 4.04. The normalized spacial score (nSPS) is 16.2. The number of carboxylic acids is 1. The number of carboxylic acid groups (broad SMARTS) is 1. The monoisotopic (exact) mass is 331 g/mol. The summed E-state index contributed by atoms with van der Waals surface area (Å²) in [5.74, 6) is -1.51. The third kappa shape index (κ3) is 3.10. The summed E-state index contributed by atoms with van der Waals surface area (Å²) in [5, 5.41) is 15.0. The van der Waals surface area contributed by atoms with E-state index in [-0.39, 0.29) is 17.3 Å². The van der Waals surface area contributed by atoms with Crippen LogP contribution in [0.1, 0.15) is 57.4 Å². The first-order valence-corrected chi connectivity index (χ1v) is 8.34. The highest BCUT2D eigenvalue weighted by Gasteiger charge is 2.40. The van der Waals surface area contributed by atoms with E-state index in [0.717, 1.165) is 36.4 Å². The largest absolute Gasteiger partial charge is 0.477 e. The highest BCUT2D eigenvalue weighted by molar-refractivity contribution is 7.09. The average Bonchev–Trinajstić information content (AvgIpc) is 3.17. The Hall–Kier alpha value is -2.28. The molecule has 0 bridgehead atoms. The number of aromatic nitrogens is 2. The van der Waals surface area contributed by atoms with Crippen molar-refractivity contribution in [2.24, 2.45) is 0 Å². The minimum atomic E-state index is -1.15. The Bertz CT molecular complexity index is 751. The maximum Gasteiger partial charge on any atom is 0.354 e. The van der Waals surface area contributed by atoms with E-state index in [1.54, 1.807) is 11.3 Å². The second kappa shape index (κ2) is 6.08. The lowest BCUT2D eigenvalue weighted by atomic mass is 9.98. The van der Waals surface area contributed by atoms with Gasteiger partial charge in [0.1, 0.15) is 16.4 Å². The van der Waals surface area contributed by atoms with Crippen LogP contribution in [0.4, 0.5) is 0 Å². The number of carbonyl (C=O) groups excluding carboxylic acids is 1. The molecule has 0 atom stereocenters. The minimum absolute atomic E-state index is 0.115. The highest BCUT2D eigenvalue weighted by atomic mass is 32.1. The highest BCUT2D eigenvalue weighted by Crippen LogP contribution is 2.40. The number of nitrogens with zero attached hydrogens (tertiary/aromatic N) is 2. The first-order chi connectivity index (χ1) is 11.0. The van der Waals surface area contributed by atoms with Gasteiger partial charge in [0.2, 0.25) is 0 Å². The van der Waals surface area contributed by atoms with Gasteiger partial charge in [-0.15, -0.1) is 11.3 Å². The van der Waals surface area contributed by atoms with Gasteiger partial charge in [-0.3, -0.25) is 4.79 Å². The van der Waals surface area contributed by atoms with Gasteiger partial charge in [-0.05, 0) is 31.9 Å². The Morgan fingerprint density at radius 2 is 1.91 bits per heavy atom. The van der Waals surface area contributed by atoms with Crippen LogP contribution < -0.4 is 5.32 Å². The molecule has 0 aromatic carbocycles. The van der Waals surface area contributed by atoms with Crippen LogP contribution >= 0.6 is 11.3 Å². The van der Waals surface area contributed by atoms with Crippen molar-refractivity contribution in [3.8, 4) is 0 Å². The van der Waals surface area contributed by atoms with E-state index >= 15 is 0 Å². The van der Waals surface area contributed by atoms with Crippen molar-refractivity contribution in [3.63, 3.8) is 0 Å². The minimum Gasteiger partial charge on any atom is -0.477 e. The number of nitrogens with one attached hydrogen (secondary N) is 1. The summed E-state index contributed by atoms with van der Waals surface area (Å²) in [5.41, 5.74) is 0.459. The quantitative estimate of drug-likeness (QED) is 0.898. The van der Waals surface area contributed by atoms with Crippen LogP contribution in [0.25, 0.3) is 0 Å². The van der Waals surface area contributed by atoms with Crippen LogP contribution in [0.3, 0.4) is 0 Å². The number of amides is 1. The molecule has 120 valence electrons. The van der Waals surface area contributed by atoms with Gasteiger partial charge in [-0.2, -0.15) is 0 Å². The molecule has 1 amide bonds. The second-order valence-corrected chi connectivity index (χ2v) is 6.61. The van der Waals surface area contributed by atoms with Crippen molar-refractivity contribution in [1.82, 2.24) is 15.3 Å². The van der Waals surface area contributed by atoms with Crippen molar-refractivity contribution in [3.05, 3.63) is 45.7 Å². The maximum atomic E-state index is 12.6. The Kier molecular flexibility index (Phi) is 4.12. The van der Waals surface area contributed by atoms with Crippen LogP contribution in [0.15, 0.2) is 23.6 Å². The lowest BCUT2D eigenvalue weighted by molar-refractivity contribution is 0.0690. The van der Waals surface area contributed by atoms with Gasteiger partial charge < -0.3 is 10.4 Å². The molecule has 0 radical (unpaired) electrons. The smallest absolute Gasteiger partial charge is 0.354 e. The third-order valence-corrected chi connectivity index (χ3v) is 5.20. The molecule has 2 heterocycles. The van der Waals surface area contributed by atoms with Gasteiger partial charge >= 0.3 is 5.97 Å². The Labute approximate surface area is 137 Å². The topological polar surface area (TPSA) is 92.2 Å². The molecule has 2 aromatic rings. The van der Waals surface area contributed by atoms with Crippen molar-refractivity contribution in [2.45, 2.75) is 38.1 Å².